The maximum atomic E-state index is 12.8. The monoisotopic (exact) mass is 435 g/mol. The molecule has 0 fully saturated rings. The highest BCUT2D eigenvalue weighted by Crippen LogP contribution is 2.30. The molecule has 0 atom stereocenters. The van der Waals surface area contributed by atoms with Crippen molar-refractivity contribution in [2.75, 3.05) is 11.1 Å². The predicted molar refractivity (Wildman–Crippen MR) is 109 cm³/mol. The second-order valence-corrected chi connectivity index (χ2v) is 7.44. The van der Waals surface area contributed by atoms with Gasteiger partial charge in [0.05, 0.1) is 11.3 Å². The smallest absolute Gasteiger partial charge is 0.354 e. The van der Waals surface area contributed by atoms with Gasteiger partial charge in [-0.05, 0) is 30.3 Å². The SMILES string of the molecule is C=CCn1c(Cc2cccn2C)nnc1SCC(=O)Nc1cccc(C(F)(F)F)c1. The van der Waals surface area contributed by atoms with Crippen LogP contribution in [0.2, 0.25) is 0 Å². The molecule has 0 spiro atoms. The number of nitrogens with zero attached hydrogens (tertiary/aromatic N) is 4. The van der Waals surface area contributed by atoms with Gasteiger partial charge in [0.15, 0.2) is 5.16 Å². The minimum atomic E-state index is -4.47. The van der Waals surface area contributed by atoms with E-state index in [0.29, 0.717) is 18.1 Å². The number of aryl methyl sites for hydroxylation is 1. The number of benzene rings is 1. The molecule has 0 saturated heterocycles. The Morgan fingerprint density at radius 3 is 2.73 bits per heavy atom. The predicted octanol–water partition coefficient (Wildman–Crippen LogP) is 4.14. The molecule has 10 heteroatoms. The number of carbonyl (C=O) groups excluding carboxylic acids is 1. The molecule has 3 aromatic rings. The number of allylic oxidation sites excluding steroid dienone is 1. The van der Waals surface area contributed by atoms with E-state index in [-0.39, 0.29) is 11.4 Å². The first kappa shape index (κ1) is 21.7. The third-order valence-electron chi connectivity index (χ3n) is 4.30. The molecular weight excluding hydrogens is 415 g/mol. The lowest BCUT2D eigenvalue weighted by Gasteiger charge is -2.10. The molecule has 2 heterocycles. The third-order valence-corrected chi connectivity index (χ3v) is 5.27. The fourth-order valence-electron chi connectivity index (χ4n) is 2.81. The Bertz CT molecular complexity index is 1040. The molecule has 0 unspecified atom stereocenters. The van der Waals surface area contributed by atoms with Crippen LogP contribution in [0, 0.1) is 0 Å². The summed E-state index contributed by atoms with van der Waals surface area (Å²) in [6.07, 6.45) is -0.241. The van der Waals surface area contributed by atoms with Crippen molar-refractivity contribution in [3.05, 3.63) is 72.3 Å². The molecule has 1 aromatic carbocycles. The van der Waals surface area contributed by atoms with Crippen molar-refractivity contribution in [2.45, 2.75) is 24.3 Å². The zero-order valence-electron chi connectivity index (χ0n) is 16.2. The van der Waals surface area contributed by atoms with Gasteiger partial charge in [-0.1, -0.05) is 23.9 Å². The lowest BCUT2D eigenvalue weighted by molar-refractivity contribution is -0.137. The van der Waals surface area contributed by atoms with Crippen molar-refractivity contribution >= 4 is 23.4 Å². The summed E-state index contributed by atoms with van der Waals surface area (Å²) in [6.45, 7) is 4.23. The van der Waals surface area contributed by atoms with E-state index in [1.807, 2.05) is 34.5 Å². The zero-order valence-corrected chi connectivity index (χ0v) is 17.0. The fourth-order valence-corrected chi connectivity index (χ4v) is 3.58. The van der Waals surface area contributed by atoms with Crippen LogP contribution >= 0.6 is 11.8 Å². The number of anilines is 1. The van der Waals surface area contributed by atoms with Gasteiger partial charge in [0.25, 0.3) is 0 Å². The van der Waals surface area contributed by atoms with Gasteiger partial charge in [-0.2, -0.15) is 13.2 Å². The number of nitrogens with one attached hydrogen (secondary N) is 1. The van der Waals surface area contributed by atoms with Gasteiger partial charge in [0.2, 0.25) is 5.91 Å². The normalized spacial score (nSPS) is 11.5. The van der Waals surface area contributed by atoms with E-state index in [1.54, 1.807) is 6.08 Å². The molecule has 0 bridgehead atoms. The largest absolute Gasteiger partial charge is 0.416 e. The Morgan fingerprint density at radius 2 is 2.07 bits per heavy atom. The van der Waals surface area contributed by atoms with E-state index in [1.165, 1.54) is 12.1 Å². The van der Waals surface area contributed by atoms with E-state index in [2.05, 4.69) is 22.1 Å². The van der Waals surface area contributed by atoms with Crippen LogP contribution in [0.3, 0.4) is 0 Å². The van der Waals surface area contributed by atoms with E-state index in [0.717, 1.165) is 35.4 Å². The average molecular weight is 435 g/mol. The van der Waals surface area contributed by atoms with Crippen LogP contribution in [0.5, 0.6) is 0 Å². The van der Waals surface area contributed by atoms with Gasteiger partial charge >= 0.3 is 6.18 Å². The van der Waals surface area contributed by atoms with Crippen molar-refractivity contribution in [2.24, 2.45) is 7.05 Å². The highest BCUT2D eigenvalue weighted by atomic mass is 32.2. The van der Waals surface area contributed by atoms with E-state index < -0.39 is 17.6 Å². The first-order valence-electron chi connectivity index (χ1n) is 9.01. The van der Waals surface area contributed by atoms with Crippen molar-refractivity contribution in [1.82, 2.24) is 19.3 Å². The number of amides is 1. The molecule has 0 radical (unpaired) electrons. The molecule has 3 rings (SSSR count). The van der Waals surface area contributed by atoms with E-state index in [4.69, 9.17) is 0 Å². The zero-order chi connectivity index (χ0) is 21.7. The maximum Gasteiger partial charge on any atom is 0.416 e. The molecule has 1 N–H and O–H groups in total. The van der Waals surface area contributed by atoms with Crippen molar-refractivity contribution < 1.29 is 18.0 Å². The minimum Gasteiger partial charge on any atom is -0.354 e. The summed E-state index contributed by atoms with van der Waals surface area (Å²) in [7, 11) is 1.94. The van der Waals surface area contributed by atoms with E-state index in [9.17, 15) is 18.0 Å². The van der Waals surface area contributed by atoms with Crippen LogP contribution in [0.1, 0.15) is 17.1 Å². The summed E-state index contributed by atoms with van der Waals surface area (Å²) in [4.78, 5) is 12.2. The summed E-state index contributed by atoms with van der Waals surface area (Å²) in [5.74, 6) is 0.282. The number of thioether (sulfide) groups is 1. The van der Waals surface area contributed by atoms with E-state index >= 15 is 0 Å². The standard InChI is InChI=1S/C20H20F3N5OS/c1-3-9-28-17(12-16-8-5-10-27(16)2)25-26-19(28)30-13-18(29)24-15-7-4-6-14(11-15)20(21,22)23/h3-8,10-11H,1,9,12-13H2,2H3,(H,24,29). The Morgan fingerprint density at radius 1 is 1.27 bits per heavy atom. The first-order chi connectivity index (χ1) is 14.3. The van der Waals surface area contributed by atoms with Crippen molar-refractivity contribution in [3.63, 3.8) is 0 Å². The molecule has 158 valence electrons. The van der Waals surface area contributed by atoms with Crippen LogP contribution in [0.4, 0.5) is 18.9 Å². The van der Waals surface area contributed by atoms with Gasteiger partial charge < -0.3 is 14.5 Å². The molecular formula is C20H20F3N5OS. The number of hydrogen-bond acceptors (Lipinski definition) is 4. The molecule has 0 aliphatic rings. The molecule has 0 saturated carbocycles. The van der Waals surface area contributed by atoms with Gasteiger partial charge in [-0.15, -0.1) is 16.8 Å². The molecule has 30 heavy (non-hydrogen) atoms. The van der Waals surface area contributed by atoms with Crippen LogP contribution < -0.4 is 5.32 Å². The average Bonchev–Trinajstić information content (AvgIpc) is 3.27. The molecule has 2 aromatic heterocycles. The lowest BCUT2D eigenvalue weighted by Crippen LogP contribution is -2.15. The minimum absolute atomic E-state index is 0.0182. The number of rotatable bonds is 8. The number of carbonyl (C=O) groups is 1. The van der Waals surface area contributed by atoms with Gasteiger partial charge in [0, 0.05) is 37.6 Å². The van der Waals surface area contributed by atoms with Crippen LogP contribution in [-0.2, 0) is 31.0 Å². The van der Waals surface area contributed by atoms with Crippen molar-refractivity contribution in [1.29, 1.82) is 0 Å². The topological polar surface area (TPSA) is 64.7 Å². The van der Waals surface area contributed by atoms with Gasteiger partial charge in [-0.3, -0.25) is 4.79 Å². The summed E-state index contributed by atoms with van der Waals surface area (Å²) in [5.41, 5.74) is 0.336. The summed E-state index contributed by atoms with van der Waals surface area (Å²) in [6, 6.07) is 8.45. The Kier molecular flexibility index (Phi) is 6.66. The van der Waals surface area contributed by atoms with Crippen LogP contribution in [0.15, 0.2) is 60.4 Å². The van der Waals surface area contributed by atoms with Crippen molar-refractivity contribution in [3.8, 4) is 0 Å². The third kappa shape index (κ3) is 5.32. The van der Waals surface area contributed by atoms with Gasteiger partial charge in [-0.25, -0.2) is 0 Å². The second kappa shape index (κ2) is 9.21. The number of alkyl halides is 3. The van der Waals surface area contributed by atoms with Crippen LogP contribution in [0.25, 0.3) is 0 Å². The summed E-state index contributed by atoms with van der Waals surface area (Å²) >= 11 is 1.16. The lowest BCUT2D eigenvalue weighted by atomic mass is 10.2. The molecule has 6 nitrogen and oxygen atoms in total. The second-order valence-electron chi connectivity index (χ2n) is 6.50. The number of halogens is 3. The van der Waals surface area contributed by atoms with Crippen LogP contribution in [-0.4, -0.2) is 31.0 Å². The first-order valence-corrected chi connectivity index (χ1v) is 9.99. The Balaban J connectivity index is 1.66. The molecule has 1 amide bonds. The summed E-state index contributed by atoms with van der Waals surface area (Å²) in [5, 5.41) is 11.4. The Labute approximate surface area is 175 Å². The molecule has 0 aliphatic heterocycles. The highest BCUT2D eigenvalue weighted by molar-refractivity contribution is 7.99. The highest BCUT2D eigenvalue weighted by Gasteiger charge is 2.30. The summed E-state index contributed by atoms with van der Waals surface area (Å²) < 4.78 is 42.3. The molecule has 0 aliphatic carbocycles. The quantitative estimate of drug-likeness (QED) is 0.427. The fraction of sp³-hybridized carbons (Fsp3) is 0.250. The van der Waals surface area contributed by atoms with Gasteiger partial charge in [0.1, 0.15) is 5.82 Å². The Hall–Kier alpha value is -3.01. The number of aromatic nitrogens is 4. The maximum absolute atomic E-state index is 12.8. The number of hydrogen-bond donors (Lipinski definition) is 1.